The predicted octanol–water partition coefficient (Wildman–Crippen LogP) is -0.0859. The predicted molar refractivity (Wildman–Crippen MR) is 84.0 cm³/mol. The van der Waals surface area contributed by atoms with Crippen molar-refractivity contribution in [1.29, 1.82) is 0 Å². The van der Waals surface area contributed by atoms with E-state index < -0.39 is 0 Å². The van der Waals surface area contributed by atoms with Crippen molar-refractivity contribution in [3.05, 3.63) is 32.5 Å². The van der Waals surface area contributed by atoms with Crippen molar-refractivity contribution < 1.29 is 0 Å². The molecule has 0 aliphatic rings. The number of rotatable bonds is 4. The van der Waals surface area contributed by atoms with Crippen LogP contribution in [-0.2, 0) is 14.1 Å². The lowest BCUT2D eigenvalue weighted by Gasteiger charge is -2.14. The van der Waals surface area contributed by atoms with Crippen molar-refractivity contribution >= 4 is 16.6 Å². The highest BCUT2D eigenvalue weighted by molar-refractivity contribution is 5.90. The molecule has 114 valence electrons. The molecule has 0 spiro atoms. The van der Waals surface area contributed by atoms with Crippen LogP contribution in [0.1, 0.15) is 5.69 Å². The van der Waals surface area contributed by atoms with Crippen LogP contribution in [0.25, 0.3) is 10.8 Å². The fourth-order valence-electron chi connectivity index (χ4n) is 2.16. The molecule has 0 aliphatic heterocycles. The van der Waals surface area contributed by atoms with Gasteiger partial charge in [-0.2, -0.15) is 5.10 Å². The molecule has 0 fully saturated rings. The number of likely N-dealkylation sites (N-methyl/N-ethyl adjacent to an activating group) is 1. The first-order valence-electron chi connectivity index (χ1n) is 6.79. The van der Waals surface area contributed by atoms with E-state index in [2.05, 4.69) is 10.4 Å². The Hall–Kier alpha value is -2.15. The Kier molecular flexibility index (Phi) is 4.13. The molecule has 2 rings (SSSR count). The lowest BCUT2D eigenvalue weighted by atomic mass is 10.2. The van der Waals surface area contributed by atoms with Crippen LogP contribution in [-0.4, -0.2) is 46.4 Å². The molecule has 0 radical (unpaired) electrons. The Morgan fingerprint density at radius 3 is 2.52 bits per heavy atom. The van der Waals surface area contributed by atoms with E-state index >= 15 is 0 Å². The van der Waals surface area contributed by atoms with E-state index in [1.165, 1.54) is 9.25 Å². The minimum Gasteiger partial charge on any atom is -0.367 e. The van der Waals surface area contributed by atoms with Crippen LogP contribution >= 0.6 is 0 Å². The molecule has 1 N–H and O–H groups in total. The summed E-state index contributed by atoms with van der Waals surface area (Å²) in [6.45, 7) is 3.25. The topological polar surface area (TPSA) is 72.2 Å². The van der Waals surface area contributed by atoms with Gasteiger partial charge in [-0.3, -0.25) is 9.59 Å². The van der Waals surface area contributed by atoms with E-state index in [1.54, 1.807) is 27.1 Å². The van der Waals surface area contributed by atoms with Crippen molar-refractivity contribution in [2.75, 3.05) is 32.5 Å². The number of hydrogen-bond acceptors (Lipinski definition) is 5. The molecule has 2 heterocycles. The van der Waals surface area contributed by atoms with Crippen LogP contribution in [0.5, 0.6) is 0 Å². The molecule has 0 saturated heterocycles. The summed E-state index contributed by atoms with van der Waals surface area (Å²) in [5.41, 5.74) is 0.279. The van der Waals surface area contributed by atoms with Crippen LogP contribution < -0.4 is 16.4 Å². The van der Waals surface area contributed by atoms with Gasteiger partial charge in [-0.05, 0) is 27.1 Å². The molecule has 2 aromatic rings. The molecule has 0 amide bonds. The van der Waals surface area contributed by atoms with Gasteiger partial charge in [0.2, 0.25) is 0 Å². The molecule has 0 aliphatic carbocycles. The summed E-state index contributed by atoms with van der Waals surface area (Å²) in [5, 5.41) is 8.09. The average Bonchev–Trinajstić information content (AvgIpc) is 2.41. The number of nitrogens with one attached hydrogen (secondary N) is 1. The van der Waals surface area contributed by atoms with Gasteiger partial charge in [0.1, 0.15) is 0 Å². The number of hydrogen-bond donors (Lipinski definition) is 1. The van der Waals surface area contributed by atoms with Gasteiger partial charge in [0.25, 0.3) is 11.1 Å². The highest BCUT2D eigenvalue weighted by Crippen LogP contribution is 2.14. The number of aromatic nitrogens is 3. The van der Waals surface area contributed by atoms with Crippen LogP contribution in [0.15, 0.2) is 15.7 Å². The number of aryl methyl sites for hydroxylation is 2. The summed E-state index contributed by atoms with van der Waals surface area (Å²) >= 11 is 0. The molecule has 7 heteroatoms. The van der Waals surface area contributed by atoms with Crippen molar-refractivity contribution in [3.8, 4) is 0 Å². The van der Waals surface area contributed by atoms with Crippen LogP contribution in [0.2, 0.25) is 0 Å². The number of pyridine rings is 1. The zero-order valence-electron chi connectivity index (χ0n) is 13.1. The van der Waals surface area contributed by atoms with Crippen LogP contribution in [0.3, 0.4) is 0 Å². The highest BCUT2D eigenvalue weighted by Gasteiger charge is 2.14. The van der Waals surface area contributed by atoms with Gasteiger partial charge in [0.05, 0.1) is 10.8 Å². The number of nitrogens with zero attached hydrogens (tertiary/aromatic N) is 4. The lowest BCUT2D eigenvalue weighted by molar-refractivity contribution is 0.425. The third-order valence-electron chi connectivity index (χ3n) is 3.53. The summed E-state index contributed by atoms with van der Waals surface area (Å²) in [6, 6.07) is 1.73. The van der Waals surface area contributed by atoms with Crippen LogP contribution in [0, 0.1) is 6.92 Å². The first-order valence-corrected chi connectivity index (χ1v) is 6.79. The smallest absolute Gasteiger partial charge is 0.274 e. The summed E-state index contributed by atoms with van der Waals surface area (Å²) in [4.78, 5) is 26.7. The van der Waals surface area contributed by atoms with Gasteiger partial charge < -0.3 is 14.8 Å². The Morgan fingerprint density at radius 1 is 1.24 bits per heavy atom. The van der Waals surface area contributed by atoms with Gasteiger partial charge >= 0.3 is 0 Å². The van der Waals surface area contributed by atoms with Gasteiger partial charge in [-0.15, -0.1) is 0 Å². The van der Waals surface area contributed by atoms with E-state index in [-0.39, 0.29) is 11.1 Å². The fraction of sp³-hybridized carbons (Fsp3) is 0.500. The molecule has 2 aromatic heterocycles. The molecule has 7 nitrogen and oxygen atoms in total. The van der Waals surface area contributed by atoms with Crippen molar-refractivity contribution in [3.63, 3.8) is 0 Å². The average molecular weight is 291 g/mol. The largest absolute Gasteiger partial charge is 0.367 e. The Balaban J connectivity index is 2.65. The quantitative estimate of drug-likeness (QED) is 0.852. The van der Waals surface area contributed by atoms with Crippen molar-refractivity contribution in [2.45, 2.75) is 6.92 Å². The van der Waals surface area contributed by atoms with E-state index in [1.807, 2.05) is 19.0 Å². The van der Waals surface area contributed by atoms with Crippen molar-refractivity contribution in [1.82, 2.24) is 19.2 Å². The minimum absolute atomic E-state index is 0.206. The van der Waals surface area contributed by atoms with Crippen molar-refractivity contribution in [2.24, 2.45) is 14.1 Å². The monoisotopic (exact) mass is 291 g/mol. The summed E-state index contributed by atoms with van der Waals surface area (Å²) in [5.74, 6) is 0.453. The van der Waals surface area contributed by atoms with E-state index in [0.717, 1.165) is 12.2 Å². The molecule has 0 atom stereocenters. The standard InChI is InChI=1S/C14H21N5O2/c1-9-8-10-11(14(21)18(9)4)12(15-6-7-17(2)3)16-19(5)13(10)20/h8H,6-7H2,1-5H3,(H,15,16). The first-order chi connectivity index (χ1) is 9.82. The van der Waals surface area contributed by atoms with Gasteiger partial charge in [0, 0.05) is 32.9 Å². The van der Waals surface area contributed by atoms with Gasteiger partial charge in [0.15, 0.2) is 5.82 Å². The normalized spacial score (nSPS) is 11.3. The minimum atomic E-state index is -0.260. The molecule has 0 unspecified atom stereocenters. The lowest BCUT2D eigenvalue weighted by Crippen LogP contribution is -2.29. The maximum Gasteiger partial charge on any atom is 0.274 e. The second-order valence-electron chi connectivity index (χ2n) is 5.45. The zero-order valence-corrected chi connectivity index (χ0v) is 13.1. The molecule has 0 bridgehead atoms. The second kappa shape index (κ2) is 5.69. The van der Waals surface area contributed by atoms with E-state index in [4.69, 9.17) is 0 Å². The SMILES string of the molecule is Cc1cc2c(=O)n(C)nc(NCCN(C)C)c2c(=O)n1C. The molecule has 21 heavy (non-hydrogen) atoms. The third-order valence-corrected chi connectivity index (χ3v) is 3.53. The van der Waals surface area contributed by atoms with Gasteiger partial charge in [-0.1, -0.05) is 0 Å². The maximum absolute atomic E-state index is 12.5. The molecule has 0 aromatic carbocycles. The van der Waals surface area contributed by atoms with Crippen LogP contribution in [0.4, 0.5) is 5.82 Å². The third kappa shape index (κ3) is 2.82. The Bertz CT molecular complexity index is 789. The molecular weight excluding hydrogens is 270 g/mol. The Morgan fingerprint density at radius 2 is 1.90 bits per heavy atom. The number of fused-ring (bicyclic) bond motifs is 1. The zero-order chi connectivity index (χ0) is 15.7. The summed E-state index contributed by atoms with van der Waals surface area (Å²) in [7, 11) is 7.22. The highest BCUT2D eigenvalue weighted by atomic mass is 16.1. The molecule has 0 saturated carbocycles. The van der Waals surface area contributed by atoms with E-state index in [0.29, 0.717) is 23.1 Å². The molecular formula is C14H21N5O2. The fourth-order valence-corrected chi connectivity index (χ4v) is 2.16. The first kappa shape index (κ1) is 15.2. The summed E-state index contributed by atoms with van der Waals surface area (Å²) < 4.78 is 2.79. The van der Waals surface area contributed by atoms with Gasteiger partial charge in [-0.25, -0.2) is 4.68 Å². The number of anilines is 1. The second-order valence-corrected chi connectivity index (χ2v) is 5.45. The maximum atomic E-state index is 12.5. The summed E-state index contributed by atoms with van der Waals surface area (Å²) in [6.07, 6.45) is 0. The Labute approximate surface area is 122 Å². The van der Waals surface area contributed by atoms with E-state index in [9.17, 15) is 9.59 Å².